The fourth-order valence-electron chi connectivity index (χ4n) is 3.33. The molecule has 4 N–H and O–H groups in total. The number of aryl methyl sites for hydroxylation is 2. The first kappa shape index (κ1) is 22.0. The number of anilines is 2. The second kappa shape index (κ2) is 8.95. The number of allylic oxidation sites excluding steroid dienone is 1. The molecule has 1 aliphatic rings. The number of benzene rings is 2. The molecule has 2 aromatic carbocycles. The third-order valence-corrected chi connectivity index (χ3v) is 5.75. The van der Waals surface area contributed by atoms with E-state index in [4.69, 9.17) is 22.2 Å². The molecule has 0 saturated heterocycles. The van der Waals surface area contributed by atoms with Crippen molar-refractivity contribution in [2.24, 2.45) is 5.84 Å². The summed E-state index contributed by atoms with van der Waals surface area (Å²) in [5.41, 5.74) is 8.93. The van der Waals surface area contributed by atoms with E-state index in [0.29, 0.717) is 12.3 Å². The van der Waals surface area contributed by atoms with Crippen molar-refractivity contribution in [3.63, 3.8) is 0 Å². The standard InChI is InChI=1S/C22H28ClN5O2/c1-13-7-6-8-19(25-22(29)27(5)24)18(13)12-30-20-10-9-17(11-14(20)2)28-16(4)21(23)15(3)26-28/h6-11,15,26H,12,24H2,1-5H3,(H,25,29). The number of ether oxygens (including phenoxy) is 1. The molecule has 0 saturated carbocycles. The molecule has 0 bridgehead atoms. The van der Waals surface area contributed by atoms with E-state index in [9.17, 15) is 4.79 Å². The van der Waals surface area contributed by atoms with Gasteiger partial charge in [0.2, 0.25) is 0 Å². The molecule has 0 spiro atoms. The highest BCUT2D eigenvalue weighted by Gasteiger charge is 2.25. The molecule has 0 radical (unpaired) electrons. The summed E-state index contributed by atoms with van der Waals surface area (Å²) in [5.74, 6) is 6.29. The number of halogens is 1. The van der Waals surface area contributed by atoms with E-state index in [0.717, 1.165) is 43.9 Å². The number of nitrogens with zero attached hydrogens (tertiary/aromatic N) is 2. The summed E-state index contributed by atoms with van der Waals surface area (Å²) >= 11 is 6.34. The second-order valence-electron chi connectivity index (χ2n) is 7.50. The van der Waals surface area contributed by atoms with Gasteiger partial charge in [0.15, 0.2) is 0 Å². The van der Waals surface area contributed by atoms with Crippen LogP contribution in [0, 0.1) is 13.8 Å². The number of amides is 2. The monoisotopic (exact) mass is 429 g/mol. The van der Waals surface area contributed by atoms with Crippen molar-refractivity contribution in [3.8, 4) is 5.75 Å². The first-order valence-corrected chi connectivity index (χ1v) is 10.1. The highest BCUT2D eigenvalue weighted by atomic mass is 35.5. The van der Waals surface area contributed by atoms with E-state index < -0.39 is 6.03 Å². The van der Waals surface area contributed by atoms with Crippen LogP contribution in [0.15, 0.2) is 47.1 Å². The number of nitrogens with two attached hydrogens (primary N) is 1. The van der Waals surface area contributed by atoms with Crippen molar-refractivity contribution in [2.45, 2.75) is 40.3 Å². The molecule has 0 aliphatic carbocycles. The Hall–Kier alpha value is -2.74. The van der Waals surface area contributed by atoms with Gasteiger partial charge in [-0.05, 0) is 63.1 Å². The van der Waals surface area contributed by atoms with Gasteiger partial charge in [-0.2, -0.15) is 0 Å². The lowest BCUT2D eigenvalue weighted by Gasteiger charge is -2.23. The summed E-state index contributed by atoms with van der Waals surface area (Å²) < 4.78 is 6.10. The maximum atomic E-state index is 12.0. The van der Waals surface area contributed by atoms with E-state index >= 15 is 0 Å². The van der Waals surface area contributed by atoms with E-state index in [-0.39, 0.29) is 6.04 Å². The number of hydrazine groups is 2. The fraction of sp³-hybridized carbons (Fsp3) is 0.318. The number of carbonyl (C=O) groups excluding carboxylic acids is 1. The maximum Gasteiger partial charge on any atom is 0.335 e. The fourth-order valence-corrected chi connectivity index (χ4v) is 3.47. The summed E-state index contributed by atoms with van der Waals surface area (Å²) in [4.78, 5) is 12.0. The van der Waals surface area contributed by atoms with Gasteiger partial charge in [0.05, 0.1) is 16.8 Å². The van der Waals surface area contributed by atoms with Crippen molar-refractivity contribution in [1.29, 1.82) is 0 Å². The van der Waals surface area contributed by atoms with Crippen molar-refractivity contribution in [2.75, 3.05) is 17.4 Å². The van der Waals surface area contributed by atoms with E-state index in [1.54, 1.807) is 0 Å². The summed E-state index contributed by atoms with van der Waals surface area (Å²) in [6.45, 7) is 8.32. The molecule has 2 amide bonds. The predicted octanol–water partition coefficient (Wildman–Crippen LogP) is 4.40. The van der Waals surface area contributed by atoms with Crippen LogP contribution >= 0.6 is 11.6 Å². The van der Waals surface area contributed by atoms with Crippen LogP contribution in [0.25, 0.3) is 0 Å². The SMILES string of the molecule is CC1=C(Cl)C(C)NN1c1ccc(OCc2c(C)cccc2NC(=O)N(C)N)c(C)c1. The Morgan fingerprint density at radius 3 is 2.60 bits per heavy atom. The largest absolute Gasteiger partial charge is 0.489 e. The Labute approximate surface area is 182 Å². The van der Waals surface area contributed by atoms with Crippen LogP contribution in [0.4, 0.5) is 16.2 Å². The molecule has 1 aliphatic heterocycles. The van der Waals surface area contributed by atoms with Crippen molar-refractivity contribution in [3.05, 3.63) is 63.8 Å². The van der Waals surface area contributed by atoms with Gasteiger partial charge < -0.3 is 10.1 Å². The number of hydrogen-bond donors (Lipinski definition) is 3. The van der Waals surface area contributed by atoms with Crippen LogP contribution in [-0.2, 0) is 6.61 Å². The Kier molecular flexibility index (Phi) is 6.55. The Balaban J connectivity index is 1.77. The highest BCUT2D eigenvalue weighted by Crippen LogP contribution is 2.32. The third-order valence-electron chi connectivity index (χ3n) is 5.14. The number of hydrogen-bond acceptors (Lipinski definition) is 5. The molecule has 3 rings (SSSR count). The van der Waals surface area contributed by atoms with Crippen LogP contribution < -0.4 is 26.3 Å². The molecule has 0 fully saturated rings. The highest BCUT2D eigenvalue weighted by molar-refractivity contribution is 6.31. The Morgan fingerprint density at radius 2 is 2.00 bits per heavy atom. The maximum absolute atomic E-state index is 12.0. The molecule has 1 atom stereocenters. The minimum absolute atomic E-state index is 0.0881. The van der Waals surface area contributed by atoms with Gasteiger partial charge in [0, 0.05) is 24.0 Å². The lowest BCUT2D eigenvalue weighted by molar-refractivity contribution is 0.223. The van der Waals surface area contributed by atoms with Gasteiger partial charge in [0.25, 0.3) is 0 Å². The molecule has 30 heavy (non-hydrogen) atoms. The van der Waals surface area contributed by atoms with Crippen molar-refractivity contribution >= 4 is 29.0 Å². The smallest absolute Gasteiger partial charge is 0.335 e. The van der Waals surface area contributed by atoms with Gasteiger partial charge in [-0.3, -0.25) is 10.0 Å². The van der Waals surface area contributed by atoms with Gasteiger partial charge >= 0.3 is 6.03 Å². The number of carbonyl (C=O) groups is 1. The zero-order valence-corrected chi connectivity index (χ0v) is 18.7. The van der Waals surface area contributed by atoms with Gasteiger partial charge in [-0.15, -0.1) is 0 Å². The van der Waals surface area contributed by atoms with E-state index in [1.807, 2.05) is 63.0 Å². The minimum atomic E-state index is -0.392. The number of nitrogens with one attached hydrogen (secondary N) is 2. The number of rotatable bonds is 5. The molecular weight excluding hydrogens is 402 g/mol. The summed E-state index contributed by atoms with van der Waals surface area (Å²) in [5, 5.41) is 6.61. The first-order chi connectivity index (χ1) is 14.2. The average Bonchev–Trinajstić information content (AvgIpc) is 2.95. The normalized spacial score (nSPS) is 16.1. The van der Waals surface area contributed by atoms with E-state index in [2.05, 4.69) is 16.8 Å². The zero-order chi connectivity index (χ0) is 22.0. The topological polar surface area (TPSA) is 82.9 Å². The molecular formula is C22H28ClN5O2. The summed E-state index contributed by atoms with van der Waals surface area (Å²) in [6, 6.07) is 11.4. The molecule has 1 heterocycles. The van der Waals surface area contributed by atoms with Crippen LogP contribution in [0.2, 0.25) is 0 Å². The van der Waals surface area contributed by atoms with Crippen molar-refractivity contribution < 1.29 is 9.53 Å². The van der Waals surface area contributed by atoms with Crippen LogP contribution in [0.5, 0.6) is 5.75 Å². The van der Waals surface area contributed by atoms with Crippen LogP contribution in [0.1, 0.15) is 30.5 Å². The molecule has 0 aromatic heterocycles. The lowest BCUT2D eigenvalue weighted by atomic mass is 10.1. The van der Waals surface area contributed by atoms with Crippen molar-refractivity contribution in [1.82, 2.24) is 10.4 Å². The van der Waals surface area contributed by atoms with Crippen LogP contribution in [-0.4, -0.2) is 24.1 Å². The lowest BCUT2D eigenvalue weighted by Crippen LogP contribution is -2.37. The average molecular weight is 430 g/mol. The predicted molar refractivity (Wildman–Crippen MR) is 121 cm³/mol. The third kappa shape index (κ3) is 4.53. The van der Waals surface area contributed by atoms with Gasteiger partial charge in [-0.1, -0.05) is 23.7 Å². The molecule has 1 unspecified atom stereocenters. The Morgan fingerprint density at radius 1 is 1.27 bits per heavy atom. The summed E-state index contributed by atoms with van der Waals surface area (Å²) in [7, 11) is 1.49. The second-order valence-corrected chi connectivity index (χ2v) is 7.91. The quantitative estimate of drug-likeness (QED) is 0.372. The molecule has 2 aromatic rings. The van der Waals surface area contributed by atoms with Crippen LogP contribution in [0.3, 0.4) is 0 Å². The van der Waals surface area contributed by atoms with Gasteiger partial charge in [0.1, 0.15) is 12.4 Å². The molecule has 7 nitrogen and oxygen atoms in total. The zero-order valence-electron chi connectivity index (χ0n) is 17.9. The van der Waals surface area contributed by atoms with Gasteiger partial charge in [-0.25, -0.2) is 16.1 Å². The van der Waals surface area contributed by atoms with E-state index in [1.165, 1.54) is 7.05 Å². The summed E-state index contributed by atoms with van der Waals surface area (Å²) in [6.07, 6.45) is 0. The number of urea groups is 1. The molecule has 160 valence electrons. The Bertz CT molecular complexity index is 989. The minimum Gasteiger partial charge on any atom is -0.489 e. The molecule has 8 heteroatoms. The first-order valence-electron chi connectivity index (χ1n) is 9.73.